The number of pyridine rings is 1. The van der Waals surface area contributed by atoms with Gasteiger partial charge >= 0.3 is 0 Å². The van der Waals surface area contributed by atoms with Gasteiger partial charge in [-0.3, -0.25) is 4.79 Å². The highest BCUT2D eigenvalue weighted by atomic mass is 35.5. The third kappa shape index (κ3) is 3.82. The number of benzene rings is 2. The van der Waals surface area contributed by atoms with Gasteiger partial charge in [-0.2, -0.15) is 0 Å². The molecule has 3 heterocycles. The number of aryl methyl sites for hydroxylation is 1. The van der Waals surface area contributed by atoms with Crippen molar-refractivity contribution in [3.05, 3.63) is 77.1 Å². The molecule has 0 fully saturated rings. The van der Waals surface area contributed by atoms with E-state index in [1.165, 1.54) is 22.3 Å². The standard InChI is InChI=1S/C25H24N4O.ClH/c1-15-9-19(10-18-7-8-27-13-22(15)18)20-11-21-23(14-29-24(21)28-12-20)16-3-5-17(6-4-16)25(30)26-2;/h3-6,9-12,14,27H,7-8,13H2,1-2H3,(H,26,30)(H,28,29);1H. The maximum Gasteiger partial charge on any atom is 0.251 e. The van der Waals surface area contributed by atoms with Crippen molar-refractivity contribution >= 4 is 29.3 Å². The number of amides is 1. The van der Waals surface area contributed by atoms with Crippen LogP contribution in [0.1, 0.15) is 27.0 Å². The van der Waals surface area contributed by atoms with Crippen LogP contribution in [0.3, 0.4) is 0 Å². The van der Waals surface area contributed by atoms with E-state index < -0.39 is 0 Å². The molecule has 0 radical (unpaired) electrons. The summed E-state index contributed by atoms with van der Waals surface area (Å²) in [6.45, 7) is 4.17. The van der Waals surface area contributed by atoms with Crippen LogP contribution in [0.4, 0.5) is 0 Å². The summed E-state index contributed by atoms with van der Waals surface area (Å²) in [6, 6.07) is 14.5. The Morgan fingerprint density at radius 3 is 2.65 bits per heavy atom. The minimum Gasteiger partial charge on any atom is -0.355 e. The average Bonchev–Trinajstić information content (AvgIpc) is 3.22. The van der Waals surface area contributed by atoms with Crippen LogP contribution in [0.2, 0.25) is 0 Å². The van der Waals surface area contributed by atoms with Gasteiger partial charge in [0.25, 0.3) is 5.91 Å². The molecule has 31 heavy (non-hydrogen) atoms. The van der Waals surface area contributed by atoms with E-state index in [0.717, 1.165) is 47.2 Å². The highest BCUT2D eigenvalue weighted by Crippen LogP contribution is 2.33. The quantitative estimate of drug-likeness (QED) is 0.442. The predicted octanol–water partition coefficient (Wildman–Crippen LogP) is 4.63. The Morgan fingerprint density at radius 2 is 1.87 bits per heavy atom. The van der Waals surface area contributed by atoms with Crippen LogP contribution in [0.15, 0.2) is 54.9 Å². The average molecular weight is 433 g/mol. The lowest BCUT2D eigenvalue weighted by Gasteiger charge is -2.20. The van der Waals surface area contributed by atoms with Gasteiger partial charge in [-0.05, 0) is 65.9 Å². The van der Waals surface area contributed by atoms with Crippen LogP contribution in [-0.2, 0) is 13.0 Å². The van der Waals surface area contributed by atoms with Crippen LogP contribution in [0.5, 0.6) is 0 Å². The molecule has 3 N–H and O–H groups in total. The Kier molecular flexibility index (Phi) is 5.81. The predicted molar refractivity (Wildman–Crippen MR) is 128 cm³/mol. The molecule has 0 saturated heterocycles. The molecule has 158 valence electrons. The number of carbonyl (C=O) groups is 1. The van der Waals surface area contributed by atoms with Gasteiger partial charge in [0, 0.05) is 48.1 Å². The number of aromatic nitrogens is 2. The molecule has 2 aromatic heterocycles. The number of carbonyl (C=O) groups excluding carboxylic acids is 1. The zero-order valence-corrected chi connectivity index (χ0v) is 18.4. The highest BCUT2D eigenvalue weighted by molar-refractivity contribution is 5.98. The summed E-state index contributed by atoms with van der Waals surface area (Å²) >= 11 is 0. The molecule has 1 aliphatic rings. The zero-order valence-electron chi connectivity index (χ0n) is 17.6. The van der Waals surface area contributed by atoms with Crippen molar-refractivity contribution in [2.75, 3.05) is 13.6 Å². The van der Waals surface area contributed by atoms with Gasteiger partial charge in [0.05, 0.1) is 0 Å². The Labute approximate surface area is 187 Å². The fraction of sp³-hybridized carbons (Fsp3) is 0.200. The van der Waals surface area contributed by atoms with E-state index in [1.54, 1.807) is 7.05 Å². The molecule has 0 bridgehead atoms. The molecule has 0 spiro atoms. The van der Waals surface area contributed by atoms with E-state index in [9.17, 15) is 4.79 Å². The summed E-state index contributed by atoms with van der Waals surface area (Å²) in [4.78, 5) is 19.8. The first-order valence-electron chi connectivity index (χ1n) is 10.3. The van der Waals surface area contributed by atoms with Crippen molar-refractivity contribution in [1.82, 2.24) is 20.6 Å². The van der Waals surface area contributed by atoms with E-state index in [-0.39, 0.29) is 18.3 Å². The molecule has 5 nitrogen and oxygen atoms in total. The molecular formula is C25H25ClN4O. The highest BCUT2D eigenvalue weighted by Gasteiger charge is 2.15. The number of hydrogen-bond acceptors (Lipinski definition) is 3. The Bertz CT molecular complexity index is 1260. The van der Waals surface area contributed by atoms with Gasteiger partial charge in [0.2, 0.25) is 0 Å². The fourth-order valence-electron chi connectivity index (χ4n) is 4.31. The monoisotopic (exact) mass is 432 g/mol. The summed E-state index contributed by atoms with van der Waals surface area (Å²) in [5, 5.41) is 7.20. The summed E-state index contributed by atoms with van der Waals surface area (Å²) in [7, 11) is 1.64. The van der Waals surface area contributed by atoms with Crippen LogP contribution >= 0.6 is 12.4 Å². The molecule has 6 heteroatoms. The lowest BCUT2D eigenvalue weighted by atomic mass is 9.91. The summed E-state index contributed by atoms with van der Waals surface area (Å²) in [6.07, 6.45) is 4.99. The van der Waals surface area contributed by atoms with Crippen LogP contribution < -0.4 is 10.6 Å². The van der Waals surface area contributed by atoms with Crippen LogP contribution in [0, 0.1) is 6.92 Å². The van der Waals surface area contributed by atoms with Crippen LogP contribution in [-0.4, -0.2) is 29.5 Å². The molecular weight excluding hydrogens is 408 g/mol. The number of nitrogens with zero attached hydrogens (tertiary/aromatic N) is 1. The summed E-state index contributed by atoms with van der Waals surface area (Å²) in [5.74, 6) is -0.0811. The zero-order chi connectivity index (χ0) is 20.7. The first-order valence-corrected chi connectivity index (χ1v) is 10.3. The molecule has 1 amide bonds. The Hall–Kier alpha value is -3.15. The largest absolute Gasteiger partial charge is 0.355 e. The van der Waals surface area contributed by atoms with E-state index >= 15 is 0 Å². The van der Waals surface area contributed by atoms with Crippen molar-refractivity contribution in [1.29, 1.82) is 0 Å². The molecule has 0 atom stereocenters. The summed E-state index contributed by atoms with van der Waals surface area (Å²) in [5.41, 5.74) is 10.2. The number of halogens is 1. The van der Waals surface area contributed by atoms with E-state index in [4.69, 9.17) is 0 Å². The van der Waals surface area contributed by atoms with Crippen molar-refractivity contribution in [2.45, 2.75) is 19.9 Å². The van der Waals surface area contributed by atoms with E-state index in [0.29, 0.717) is 5.56 Å². The lowest BCUT2D eigenvalue weighted by Crippen LogP contribution is -2.24. The second-order valence-electron chi connectivity index (χ2n) is 7.84. The van der Waals surface area contributed by atoms with Gasteiger partial charge in [0.15, 0.2) is 0 Å². The van der Waals surface area contributed by atoms with Gasteiger partial charge in [-0.15, -0.1) is 12.4 Å². The Morgan fingerprint density at radius 1 is 1.06 bits per heavy atom. The molecule has 1 aliphatic heterocycles. The molecule has 4 aromatic rings. The number of H-pyrrole nitrogens is 1. The molecule has 0 unspecified atom stereocenters. The Balaban J connectivity index is 0.00000231. The molecule has 5 rings (SSSR count). The minimum absolute atomic E-state index is 0. The number of aromatic amines is 1. The maximum atomic E-state index is 11.8. The third-order valence-electron chi connectivity index (χ3n) is 5.99. The maximum absolute atomic E-state index is 11.8. The van der Waals surface area contributed by atoms with Crippen molar-refractivity contribution in [2.24, 2.45) is 0 Å². The normalized spacial score (nSPS) is 12.8. The van der Waals surface area contributed by atoms with Crippen molar-refractivity contribution in [3.8, 4) is 22.3 Å². The van der Waals surface area contributed by atoms with E-state index in [1.807, 2.05) is 36.7 Å². The second kappa shape index (κ2) is 8.53. The van der Waals surface area contributed by atoms with Crippen molar-refractivity contribution in [3.63, 3.8) is 0 Å². The molecule has 0 saturated carbocycles. The van der Waals surface area contributed by atoms with Gasteiger partial charge < -0.3 is 15.6 Å². The van der Waals surface area contributed by atoms with Gasteiger partial charge in [-0.25, -0.2) is 4.98 Å². The number of hydrogen-bond donors (Lipinski definition) is 3. The minimum atomic E-state index is -0.0811. The lowest BCUT2D eigenvalue weighted by molar-refractivity contribution is 0.0963. The smallest absolute Gasteiger partial charge is 0.251 e. The number of fused-ring (bicyclic) bond motifs is 2. The summed E-state index contributed by atoms with van der Waals surface area (Å²) < 4.78 is 0. The number of nitrogens with one attached hydrogen (secondary N) is 3. The van der Waals surface area contributed by atoms with Crippen LogP contribution in [0.25, 0.3) is 33.3 Å². The molecule has 0 aliphatic carbocycles. The topological polar surface area (TPSA) is 69.8 Å². The van der Waals surface area contributed by atoms with E-state index in [2.05, 4.69) is 45.7 Å². The SMILES string of the molecule is CNC(=O)c1ccc(-c2c[nH]c3ncc(-c4cc(C)c5c(c4)CCNC5)cc23)cc1.Cl. The molecule has 2 aromatic carbocycles. The third-order valence-corrected chi connectivity index (χ3v) is 5.99. The fourth-order valence-corrected chi connectivity index (χ4v) is 4.31. The van der Waals surface area contributed by atoms with Crippen molar-refractivity contribution < 1.29 is 4.79 Å². The second-order valence-corrected chi connectivity index (χ2v) is 7.84. The van der Waals surface area contributed by atoms with Gasteiger partial charge in [-0.1, -0.05) is 24.3 Å². The van der Waals surface area contributed by atoms with Gasteiger partial charge in [0.1, 0.15) is 5.65 Å². The number of rotatable bonds is 3. The first-order chi connectivity index (χ1) is 14.6. The first kappa shape index (κ1) is 21.1.